The number of aromatic amines is 1. The van der Waals surface area contributed by atoms with E-state index in [4.69, 9.17) is 0 Å². The van der Waals surface area contributed by atoms with Crippen molar-refractivity contribution in [3.05, 3.63) is 40.4 Å². The molecule has 0 fully saturated rings. The molecule has 2 rings (SSSR count). The van der Waals surface area contributed by atoms with Crippen LogP contribution in [0.25, 0.3) is 10.9 Å². The largest absolute Gasteiger partial charge is 0.354 e. The van der Waals surface area contributed by atoms with Gasteiger partial charge in [0.2, 0.25) is 5.91 Å². The third-order valence-corrected chi connectivity index (χ3v) is 3.50. The van der Waals surface area contributed by atoms with Crippen LogP contribution >= 0.6 is 0 Å². The monoisotopic (exact) mass is 287 g/mol. The lowest BCUT2D eigenvalue weighted by atomic mass is 10.2. The van der Waals surface area contributed by atoms with Crippen LogP contribution < -0.4 is 10.9 Å². The second-order valence-corrected chi connectivity index (χ2v) is 5.26. The molecule has 0 spiro atoms. The zero-order valence-electron chi connectivity index (χ0n) is 12.5. The molecule has 2 aromatic rings. The molecular formula is C16H21N3O2. The van der Waals surface area contributed by atoms with E-state index in [2.05, 4.69) is 15.3 Å². The van der Waals surface area contributed by atoms with Crippen LogP contribution in [0.5, 0.6) is 0 Å². The van der Waals surface area contributed by atoms with E-state index in [0.29, 0.717) is 36.0 Å². The predicted octanol–water partition coefficient (Wildman–Crippen LogP) is 2.16. The highest BCUT2D eigenvalue weighted by Crippen LogP contribution is 2.07. The number of nitrogens with one attached hydrogen (secondary N) is 2. The van der Waals surface area contributed by atoms with Gasteiger partial charge in [0, 0.05) is 18.9 Å². The minimum absolute atomic E-state index is 0.0486. The van der Waals surface area contributed by atoms with Gasteiger partial charge in [-0.1, -0.05) is 19.1 Å². The molecule has 112 valence electrons. The minimum Gasteiger partial charge on any atom is -0.354 e. The van der Waals surface area contributed by atoms with Crippen LogP contribution in [0.3, 0.4) is 0 Å². The van der Waals surface area contributed by atoms with Gasteiger partial charge in [0.15, 0.2) is 0 Å². The van der Waals surface area contributed by atoms with Gasteiger partial charge < -0.3 is 10.3 Å². The smallest absolute Gasteiger partial charge is 0.258 e. The zero-order valence-corrected chi connectivity index (χ0v) is 12.5. The van der Waals surface area contributed by atoms with Gasteiger partial charge in [0.25, 0.3) is 5.56 Å². The van der Waals surface area contributed by atoms with Crippen molar-refractivity contribution in [1.29, 1.82) is 0 Å². The molecular weight excluding hydrogens is 266 g/mol. The van der Waals surface area contributed by atoms with Crippen molar-refractivity contribution in [2.24, 2.45) is 0 Å². The molecule has 0 aliphatic heterocycles. The molecule has 5 nitrogen and oxygen atoms in total. The molecule has 1 amide bonds. The average molecular weight is 287 g/mol. The van der Waals surface area contributed by atoms with Crippen LogP contribution in [0.4, 0.5) is 0 Å². The molecule has 0 saturated carbocycles. The Labute approximate surface area is 123 Å². The Morgan fingerprint density at radius 3 is 2.90 bits per heavy atom. The molecule has 0 radical (unpaired) electrons. The van der Waals surface area contributed by atoms with Crippen LogP contribution in [-0.2, 0) is 11.2 Å². The Bertz CT molecular complexity index is 679. The van der Waals surface area contributed by atoms with Crippen molar-refractivity contribution in [3.8, 4) is 0 Å². The van der Waals surface area contributed by atoms with Crippen LogP contribution in [0.2, 0.25) is 0 Å². The molecule has 0 aliphatic carbocycles. The van der Waals surface area contributed by atoms with Crippen LogP contribution in [-0.4, -0.2) is 21.9 Å². The van der Waals surface area contributed by atoms with Crippen molar-refractivity contribution >= 4 is 16.8 Å². The topological polar surface area (TPSA) is 74.8 Å². The number of H-pyrrole nitrogens is 1. The van der Waals surface area contributed by atoms with Gasteiger partial charge in [0.05, 0.1) is 10.9 Å². The number of rotatable bonds is 6. The number of hydrogen-bond donors (Lipinski definition) is 2. The molecule has 1 unspecified atom stereocenters. The first-order valence-electron chi connectivity index (χ1n) is 7.37. The SMILES string of the molecule is CCC(C)NC(=O)CCCc1nc2ccccc2c(=O)[nH]1. The summed E-state index contributed by atoms with van der Waals surface area (Å²) in [7, 11) is 0. The second-order valence-electron chi connectivity index (χ2n) is 5.26. The van der Waals surface area contributed by atoms with E-state index in [1.165, 1.54) is 0 Å². The van der Waals surface area contributed by atoms with Gasteiger partial charge in [-0.25, -0.2) is 4.98 Å². The van der Waals surface area contributed by atoms with Crippen molar-refractivity contribution < 1.29 is 4.79 Å². The fourth-order valence-electron chi connectivity index (χ4n) is 2.12. The maximum atomic E-state index is 11.9. The average Bonchev–Trinajstić information content (AvgIpc) is 2.47. The summed E-state index contributed by atoms with van der Waals surface area (Å²) in [5, 5.41) is 3.52. The van der Waals surface area contributed by atoms with Gasteiger partial charge in [0.1, 0.15) is 5.82 Å². The number of benzene rings is 1. The number of nitrogens with zero attached hydrogens (tertiary/aromatic N) is 1. The Hall–Kier alpha value is -2.17. The van der Waals surface area contributed by atoms with Gasteiger partial charge in [-0.05, 0) is 31.9 Å². The van der Waals surface area contributed by atoms with Crippen LogP contribution in [0.15, 0.2) is 29.1 Å². The number of aryl methyl sites for hydroxylation is 1. The standard InChI is InChI=1S/C16H21N3O2/c1-3-11(2)17-15(20)10-6-9-14-18-13-8-5-4-7-12(13)16(21)19-14/h4-5,7-8,11H,3,6,9-10H2,1-2H3,(H,17,20)(H,18,19,21). The molecule has 1 heterocycles. The predicted molar refractivity (Wildman–Crippen MR) is 83.2 cm³/mol. The second kappa shape index (κ2) is 7.02. The van der Waals surface area contributed by atoms with E-state index in [0.717, 1.165) is 6.42 Å². The van der Waals surface area contributed by atoms with E-state index in [1.807, 2.05) is 32.0 Å². The number of fused-ring (bicyclic) bond motifs is 1. The Morgan fingerprint density at radius 2 is 2.14 bits per heavy atom. The quantitative estimate of drug-likeness (QED) is 0.855. The Balaban J connectivity index is 1.95. The van der Waals surface area contributed by atoms with E-state index < -0.39 is 0 Å². The number of amides is 1. The molecule has 2 N–H and O–H groups in total. The molecule has 1 atom stereocenters. The first-order chi connectivity index (χ1) is 10.1. The fraction of sp³-hybridized carbons (Fsp3) is 0.438. The summed E-state index contributed by atoms with van der Waals surface area (Å²) in [5.41, 5.74) is 0.569. The number of para-hydroxylation sites is 1. The maximum absolute atomic E-state index is 11.9. The number of carbonyl (C=O) groups excluding carboxylic acids is 1. The number of aromatic nitrogens is 2. The van der Waals surface area contributed by atoms with Crippen molar-refractivity contribution in [2.45, 2.75) is 45.6 Å². The van der Waals surface area contributed by atoms with E-state index in [1.54, 1.807) is 6.07 Å². The first-order valence-corrected chi connectivity index (χ1v) is 7.37. The molecule has 0 saturated heterocycles. The molecule has 21 heavy (non-hydrogen) atoms. The number of carbonyl (C=O) groups is 1. The first kappa shape index (κ1) is 15.2. The summed E-state index contributed by atoms with van der Waals surface area (Å²) >= 11 is 0. The van der Waals surface area contributed by atoms with Crippen LogP contribution in [0, 0.1) is 0 Å². The lowest BCUT2D eigenvalue weighted by Gasteiger charge is -2.10. The minimum atomic E-state index is -0.125. The molecule has 0 bridgehead atoms. The Morgan fingerprint density at radius 1 is 1.38 bits per heavy atom. The van der Waals surface area contributed by atoms with Crippen molar-refractivity contribution in [2.75, 3.05) is 0 Å². The number of hydrogen-bond acceptors (Lipinski definition) is 3. The summed E-state index contributed by atoms with van der Waals surface area (Å²) in [6.45, 7) is 4.02. The highest BCUT2D eigenvalue weighted by atomic mass is 16.1. The van der Waals surface area contributed by atoms with Crippen LogP contribution in [0.1, 0.15) is 38.9 Å². The highest BCUT2D eigenvalue weighted by molar-refractivity contribution is 5.77. The van der Waals surface area contributed by atoms with Crippen molar-refractivity contribution in [3.63, 3.8) is 0 Å². The third-order valence-electron chi connectivity index (χ3n) is 3.50. The van der Waals surface area contributed by atoms with E-state index in [-0.39, 0.29) is 17.5 Å². The maximum Gasteiger partial charge on any atom is 0.258 e. The van der Waals surface area contributed by atoms with E-state index in [9.17, 15) is 9.59 Å². The van der Waals surface area contributed by atoms with Gasteiger partial charge in [-0.3, -0.25) is 9.59 Å². The van der Waals surface area contributed by atoms with Gasteiger partial charge in [-0.2, -0.15) is 0 Å². The molecule has 1 aromatic carbocycles. The molecule has 5 heteroatoms. The summed E-state index contributed by atoms with van der Waals surface area (Å²) in [5.74, 6) is 0.683. The summed E-state index contributed by atoms with van der Waals surface area (Å²) in [6, 6.07) is 7.46. The van der Waals surface area contributed by atoms with Crippen molar-refractivity contribution in [1.82, 2.24) is 15.3 Å². The summed E-state index contributed by atoms with van der Waals surface area (Å²) < 4.78 is 0. The fourth-order valence-corrected chi connectivity index (χ4v) is 2.12. The summed E-state index contributed by atoms with van der Waals surface area (Å²) in [4.78, 5) is 30.8. The lowest BCUT2D eigenvalue weighted by Crippen LogP contribution is -2.31. The summed E-state index contributed by atoms with van der Waals surface area (Å²) in [6.07, 6.45) is 2.63. The van der Waals surface area contributed by atoms with E-state index >= 15 is 0 Å². The van der Waals surface area contributed by atoms with Gasteiger partial charge in [-0.15, -0.1) is 0 Å². The molecule has 0 aliphatic rings. The molecule has 1 aromatic heterocycles. The highest BCUT2D eigenvalue weighted by Gasteiger charge is 2.07. The Kier molecular flexibility index (Phi) is 5.09. The third kappa shape index (κ3) is 4.15. The normalized spacial score (nSPS) is 12.3. The lowest BCUT2D eigenvalue weighted by molar-refractivity contribution is -0.121. The van der Waals surface area contributed by atoms with Gasteiger partial charge >= 0.3 is 0 Å². The zero-order chi connectivity index (χ0) is 15.2.